The van der Waals surface area contributed by atoms with Crippen molar-refractivity contribution < 1.29 is 13.2 Å². The van der Waals surface area contributed by atoms with Gasteiger partial charge in [0.05, 0.1) is 11.5 Å². The number of thioether (sulfide) groups is 1. The number of rotatable bonds is 8. The fourth-order valence-electron chi connectivity index (χ4n) is 2.80. The maximum atomic E-state index is 12.3. The number of halogens is 1. The predicted octanol–water partition coefficient (Wildman–Crippen LogP) is 2.89. The van der Waals surface area contributed by atoms with Crippen LogP contribution in [0.3, 0.4) is 0 Å². The number of carbonyl (C=O) groups excluding carboxylic acids is 1. The van der Waals surface area contributed by atoms with Gasteiger partial charge in [-0.2, -0.15) is 0 Å². The topological polar surface area (TPSA) is 66.5 Å². The molecule has 0 bridgehead atoms. The molecule has 25 heavy (non-hydrogen) atoms. The molecule has 8 heteroatoms. The monoisotopic (exact) mass is 404 g/mol. The molecule has 2 rings (SSSR count). The van der Waals surface area contributed by atoms with Crippen LogP contribution in [0.5, 0.6) is 0 Å². The van der Waals surface area contributed by atoms with Crippen LogP contribution < -0.4 is 4.72 Å². The Balaban J connectivity index is 1.70. The lowest BCUT2D eigenvalue weighted by atomic mass is 10.1. The molecule has 1 aromatic rings. The first-order valence-corrected chi connectivity index (χ1v) is 11.7. The van der Waals surface area contributed by atoms with Gasteiger partial charge in [0.2, 0.25) is 15.9 Å². The number of hydrogen-bond acceptors (Lipinski definition) is 4. The third-order valence-electron chi connectivity index (χ3n) is 4.05. The summed E-state index contributed by atoms with van der Waals surface area (Å²) in [7, 11) is -3.19. The molecule has 1 fully saturated rings. The molecule has 0 atom stereocenters. The average molecular weight is 405 g/mol. The number of hydrogen-bond donors (Lipinski definition) is 1. The fourth-order valence-corrected chi connectivity index (χ4v) is 5.29. The van der Waals surface area contributed by atoms with Gasteiger partial charge in [0, 0.05) is 29.9 Å². The Kier molecular flexibility index (Phi) is 8.06. The van der Waals surface area contributed by atoms with Crippen molar-refractivity contribution in [3.8, 4) is 0 Å². The lowest BCUT2D eigenvalue weighted by molar-refractivity contribution is -0.129. The number of amides is 1. The smallest absolute Gasteiger partial charge is 0.232 e. The number of piperidine rings is 1. The fraction of sp³-hybridized carbons (Fsp3) is 0.588. The zero-order valence-electron chi connectivity index (χ0n) is 14.4. The summed E-state index contributed by atoms with van der Waals surface area (Å²) in [6.07, 6.45) is 1.96. The van der Waals surface area contributed by atoms with Gasteiger partial charge in [-0.05, 0) is 37.0 Å². The van der Waals surface area contributed by atoms with Gasteiger partial charge in [0.25, 0.3) is 0 Å². The summed E-state index contributed by atoms with van der Waals surface area (Å²) in [6, 6.07) is 7.59. The molecular weight excluding hydrogens is 380 g/mol. The second-order valence-corrected chi connectivity index (χ2v) is 9.51. The van der Waals surface area contributed by atoms with Gasteiger partial charge in [-0.3, -0.25) is 4.79 Å². The van der Waals surface area contributed by atoms with E-state index in [1.807, 2.05) is 36.1 Å². The maximum Gasteiger partial charge on any atom is 0.232 e. The lowest BCUT2D eigenvalue weighted by Crippen LogP contribution is -2.47. The Hall–Kier alpha value is -0.760. The van der Waals surface area contributed by atoms with Crippen LogP contribution in [0.15, 0.2) is 24.3 Å². The number of likely N-dealkylation sites (tertiary alicyclic amines) is 1. The van der Waals surface area contributed by atoms with Gasteiger partial charge in [0.1, 0.15) is 0 Å². The molecule has 1 aromatic carbocycles. The van der Waals surface area contributed by atoms with Crippen LogP contribution in [0.2, 0.25) is 5.02 Å². The summed E-state index contributed by atoms with van der Waals surface area (Å²) in [6.45, 7) is 3.06. The van der Waals surface area contributed by atoms with Crippen molar-refractivity contribution in [1.29, 1.82) is 0 Å². The summed E-state index contributed by atoms with van der Waals surface area (Å²) in [5, 5.41) is 0.706. The quantitative estimate of drug-likeness (QED) is 0.723. The SMILES string of the molecule is CCCS(=O)(=O)NC1CCN(C(=O)CSCc2cccc(Cl)c2)CC1. The van der Waals surface area contributed by atoms with E-state index < -0.39 is 10.0 Å². The molecule has 0 aliphatic carbocycles. The maximum absolute atomic E-state index is 12.3. The molecule has 0 saturated carbocycles. The predicted molar refractivity (Wildman–Crippen MR) is 104 cm³/mol. The summed E-state index contributed by atoms with van der Waals surface area (Å²) in [5.41, 5.74) is 1.11. The van der Waals surface area contributed by atoms with Crippen LogP contribution in [0.4, 0.5) is 0 Å². The van der Waals surface area contributed by atoms with Crippen molar-refractivity contribution in [2.24, 2.45) is 0 Å². The number of nitrogens with zero attached hydrogens (tertiary/aromatic N) is 1. The van der Waals surface area contributed by atoms with E-state index in [4.69, 9.17) is 11.6 Å². The van der Waals surface area contributed by atoms with Crippen LogP contribution >= 0.6 is 23.4 Å². The van der Waals surface area contributed by atoms with Gasteiger partial charge in [-0.15, -0.1) is 11.8 Å². The molecule has 0 spiro atoms. The number of carbonyl (C=O) groups is 1. The van der Waals surface area contributed by atoms with E-state index in [9.17, 15) is 13.2 Å². The summed E-state index contributed by atoms with van der Waals surface area (Å²) < 4.78 is 26.4. The van der Waals surface area contributed by atoms with E-state index in [-0.39, 0.29) is 17.7 Å². The summed E-state index contributed by atoms with van der Waals surface area (Å²) in [5.74, 6) is 1.45. The Morgan fingerprint density at radius 3 is 2.72 bits per heavy atom. The molecule has 0 aromatic heterocycles. The first-order valence-electron chi connectivity index (χ1n) is 8.49. The van der Waals surface area contributed by atoms with Crippen LogP contribution in [0, 0.1) is 0 Å². The molecule has 1 aliphatic rings. The van der Waals surface area contributed by atoms with E-state index in [1.165, 1.54) is 0 Å². The Morgan fingerprint density at radius 1 is 1.36 bits per heavy atom. The van der Waals surface area contributed by atoms with E-state index in [1.54, 1.807) is 11.8 Å². The van der Waals surface area contributed by atoms with Crippen molar-refractivity contribution >= 4 is 39.3 Å². The molecule has 1 N–H and O–H groups in total. The highest BCUT2D eigenvalue weighted by Crippen LogP contribution is 2.18. The van der Waals surface area contributed by atoms with Crippen LogP contribution in [-0.2, 0) is 20.6 Å². The third-order valence-corrected chi connectivity index (χ3v) is 6.91. The van der Waals surface area contributed by atoms with Gasteiger partial charge in [-0.1, -0.05) is 30.7 Å². The average Bonchev–Trinajstić information content (AvgIpc) is 2.55. The van der Waals surface area contributed by atoms with Crippen LogP contribution in [0.25, 0.3) is 0 Å². The van der Waals surface area contributed by atoms with Crippen molar-refractivity contribution in [2.75, 3.05) is 24.6 Å². The standard InChI is InChI=1S/C17H25ClN2O3S2/c1-2-10-25(22,23)19-16-6-8-20(9-7-16)17(21)13-24-12-14-4-3-5-15(18)11-14/h3-5,11,16,19H,2,6-10,12-13H2,1H3. The third kappa shape index (κ3) is 7.17. The molecule has 1 heterocycles. The normalized spacial score (nSPS) is 16.2. The van der Waals surface area contributed by atoms with Gasteiger partial charge in [-0.25, -0.2) is 13.1 Å². The van der Waals surface area contributed by atoms with E-state index in [0.717, 1.165) is 11.3 Å². The minimum Gasteiger partial charge on any atom is -0.342 e. The zero-order chi connectivity index (χ0) is 18.3. The highest BCUT2D eigenvalue weighted by molar-refractivity contribution is 7.99. The van der Waals surface area contributed by atoms with Crippen molar-refractivity contribution in [1.82, 2.24) is 9.62 Å². The molecule has 1 aliphatic heterocycles. The van der Waals surface area contributed by atoms with Crippen molar-refractivity contribution in [2.45, 2.75) is 38.0 Å². The Bertz CT molecular complexity index is 674. The molecule has 1 amide bonds. The van der Waals surface area contributed by atoms with Gasteiger partial charge >= 0.3 is 0 Å². The van der Waals surface area contributed by atoms with Crippen LogP contribution in [0.1, 0.15) is 31.7 Å². The molecule has 1 saturated heterocycles. The number of benzene rings is 1. The van der Waals surface area contributed by atoms with Crippen LogP contribution in [-0.4, -0.2) is 49.9 Å². The molecule has 0 radical (unpaired) electrons. The zero-order valence-corrected chi connectivity index (χ0v) is 16.8. The second kappa shape index (κ2) is 9.80. The number of nitrogens with one attached hydrogen (secondary N) is 1. The highest BCUT2D eigenvalue weighted by atomic mass is 35.5. The Morgan fingerprint density at radius 2 is 2.08 bits per heavy atom. The molecule has 5 nitrogen and oxygen atoms in total. The first-order chi connectivity index (χ1) is 11.9. The highest BCUT2D eigenvalue weighted by Gasteiger charge is 2.25. The molecule has 140 valence electrons. The number of sulfonamides is 1. The second-order valence-electron chi connectivity index (χ2n) is 6.21. The summed E-state index contributed by atoms with van der Waals surface area (Å²) >= 11 is 7.53. The Labute approximate surface area is 159 Å². The van der Waals surface area contributed by atoms with Crippen molar-refractivity contribution in [3.05, 3.63) is 34.9 Å². The van der Waals surface area contributed by atoms with Gasteiger partial charge in [0.15, 0.2) is 0 Å². The van der Waals surface area contributed by atoms with E-state index in [2.05, 4.69) is 4.72 Å². The molecular formula is C17H25ClN2O3S2. The van der Waals surface area contributed by atoms with Crippen molar-refractivity contribution in [3.63, 3.8) is 0 Å². The molecule has 0 unspecified atom stereocenters. The first kappa shape index (κ1) is 20.6. The minimum absolute atomic E-state index is 0.0558. The lowest BCUT2D eigenvalue weighted by Gasteiger charge is -2.32. The minimum atomic E-state index is -3.19. The largest absolute Gasteiger partial charge is 0.342 e. The van der Waals surface area contributed by atoms with Gasteiger partial charge < -0.3 is 4.90 Å². The van der Waals surface area contributed by atoms with E-state index >= 15 is 0 Å². The summed E-state index contributed by atoms with van der Waals surface area (Å²) in [4.78, 5) is 14.1. The van der Waals surface area contributed by atoms with E-state index in [0.29, 0.717) is 43.1 Å².